The molecule has 0 saturated carbocycles. The molecule has 0 aliphatic carbocycles. The molecule has 0 rings (SSSR count). The first-order chi connectivity index (χ1) is 5.92. The summed E-state index contributed by atoms with van der Waals surface area (Å²) in [6, 6.07) is 0. The van der Waals surface area contributed by atoms with Gasteiger partial charge in [-0.15, -0.1) is 0 Å². The summed E-state index contributed by atoms with van der Waals surface area (Å²) in [6.45, 7) is 7.81. The number of hydrogen-bond acceptors (Lipinski definition) is 2. The summed E-state index contributed by atoms with van der Waals surface area (Å²) in [5.41, 5.74) is 0.0196. The zero-order valence-corrected chi connectivity index (χ0v) is 8.68. The topological polar surface area (TPSA) is 26.3 Å². The highest BCUT2D eigenvalue weighted by atomic mass is 16.5. The molecule has 0 aromatic heterocycles. The van der Waals surface area contributed by atoms with Crippen molar-refractivity contribution in [3.8, 4) is 11.8 Å². The first-order valence-corrected chi connectivity index (χ1v) is 4.23. The number of allylic oxidation sites excluding steroid dienone is 1. The van der Waals surface area contributed by atoms with Crippen LogP contribution in [0.4, 0.5) is 0 Å². The number of rotatable bonds is 2. The first-order valence-electron chi connectivity index (χ1n) is 4.23. The van der Waals surface area contributed by atoms with Crippen molar-refractivity contribution in [2.24, 2.45) is 5.41 Å². The van der Waals surface area contributed by atoms with Crippen LogP contribution < -0.4 is 0 Å². The largest absolute Gasteiger partial charge is 0.462 e. The summed E-state index contributed by atoms with van der Waals surface area (Å²) in [5.74, 6) is 5.64. The molecule has 0 aromatic carbocycles. The van der Waals surface area contributed by atoms with Gasteiger partial charge in [0.1, 0.15) is 6.61 Å². The smallest absolute Gasteiger partial charge is 0.302 e. The van der Waals surface area contributed by atoms with E-state index in [0.717, 1.165) is 0 Å². The SMILES string of the molecule is CC(=O)OCC=CC#CC(C)(C)C. The fourth-order valence-electron chi connectivity index (χ4n) is 0.531. The molecule has 0 spiro atoms. The van der Waals surface area contributed by atoms with Gasteiger partial charge >= 0.3 is 5.97 Å². The van der Waals surface area contributed by atoms with E-state index in [2.05, 4.69) is 16.6 Å². The molecule has 0 amide bonds. The average Bonchev–Trinajstić information content (AvgIpc) is 1.93. The molecule has 2 heteroatoms. The van der Waals surface area contributed by atoms with Gasteiger partial charge in [-0.1, -0.05) is 11.8 Å². The normalized spacial score (nSPS) is 10.8. The van der Waals surface area contributed by atoms with Crippen molar-refractivity contribution < 1.29 is 9.53 Å². The van der Waals surface area contributed by atoms with Crippen molar-refractivity contribution >= 4 is 5.97 Å². The highest BCUT2D eigenvalue weighted by Crippen LogP contribution is 2.09. The minimum Gasteiger partial charge on any atom is -0.462 e. The summed E-state index contributed by atoms with van der Waals surface area (Å²) >= 11 is 0. The summed E-state index contributed by atoms with van der Waals surface area (Å²) < 4.78 is 4.68. The van der Waals surface area contributed by atoms with Gasteiger partial charge in [-0.25, -0.2) is 0 Å². The Balaban J connectivity index is 3.74. The molecule has 72 valence electrons. The van der Waals surface area contributed by atoms with Crippen molar-refractivity contribution in [3.63, 3.8) is 0 Å². The number of hydrogen-bond donors (Lipinski definition) is 0. The Hall–Kier alpha value is -1.23. The van der Waals surface area contributed by atoms with Gasteiger partial charge in [0.25, 0.3) is 0 Å². The quantitative estimate of drug-likeness (QED) is 0.481. The van der Waals surface area contributed by atoms with Crippen molar-refractivity contribution in [3.05, 3.63) is 12.2 Å². The molecule has 2 nitrogen and oxygen atoms in total. The summed E-state index contributed by atoms with van der Waals surface area (Å²) in [4.78, 5) is 10.3. The molecule has 0 unspecified atom stereocenters. The average molecular weight is 180 g/mol. The Morgan fingerprint density at radius 2 is 2.08 bits per heavy atom. The maximum atomic E-state index is 10.3. The fraction of sp³-hybridized carbons (Fsp3) is 0.545. The third-order valence-electron chi connectivity index (χ3n) is 1.03. The van der Waals surface area contributed by atoms with Gasteiger partial charge in [0.05, 0.1) is 0 Å². The van der Waals surface area contributed by atoms with E-state index in [4.69, 9.17) is 0 Å². The summed E-state index contributed by atoms with van der Waals surface area (Å²) in [5, 5.41) is 0. The van der Waals surface area contributed by atoms with Crippen LogP contribution >= 0.6 is 0 Å². The molecule has 0 aliphatic heterocycles. The minimum atomic E-state index is -0.270. The predicted molar refractivity (Wildman–Crippen MR) is 53.0 cm³/mol. The molecular weight excluding hydrogens is 164 g/mol. The first kappa shape index (κ1) is 11.8. The van der Waals surface area contributed by atoms with Gasteiger partial charge < -0.3 is 4.74 Å². The zero-order chi connectivity index (χ0) is 10.3. The number of ether oxygens (including phenoxy) is 1. The Bertz CT molecular complexity index is 245. The Labute approximate surface area is 80.0 Å². The number of carbonyl (C=O) groups excluding carboxylic acids is 1. The van der Waals surface area contributed by atoms with Crippen LogP contribution in [0.3, 0.4) is 0 Å². The van der Waals surface area contributed by atoms with Gasteiger partial charge in [-0.2, -0.15) is 0 Å². The maximum absolute atomic E-state index is 10.3. The number of esters is 1. The Kier molecular flexibility index (Phi) is 4.91. The lowest BCUT2D eigenvalue weighted by Gasteiger charge is -2.05. The van der Waals surface area contributed by atoms with Crippen LogP contribution in [0.1, 0.15) is 27.7 Å². The van der Waals surface area contributed by atoms with Gasteiger partial charge in [0.2, 0.25) is 0 Å². The van der Waals surface area contributed by atoms with Gasteiger partial charge in [0.15, 0.2) is 0 Å². The molecular formula is C11H16O2. The second-order valence-corrected chi connectivity index (χ2v) is 3.72. The van der Waals surface area contributed by atoms with Gasteiger partial charge in [-0.3, -0.25) is 4.79 Å². The highest BCUT2D eigenvalue weighted by molar-refractivity contribution is 5.66. The van der Waals surface area contributed by atoms with E-state index in [1.807, 2.05) is 20.8 Å². The lowest BCUT2D eigenvalue weighted by atomic mass is 9.98. The van der Waals surface area contributed by atoms with Crippen LogP contribution in [0.5, 0.6) is 0 Å². The van der Waals surface area contributed by atoms with E-state index in [1.54, 1.807) is 12.2 Å². The van der Waals surface area contributed by atoms with E-state index in [-0.39, 0.29) is 11.4 Å². The molecule has 0 N–H and O–H groups in total. The van der Waals surface area contributed by atoms with E-state index >= 15 is 0 Å². The molecule has 0 atom stereocenters. The van der Waals surface area contributed by atoms with Crippen molar-refractivity contribution in [2.45, 2.75) is 27.7 Å². The predicted octanol–water partition coefficient (Wildman–Crippen LogP) is 2.16. The third kappa shape index (κ3) is 10.8. The molecule has 0 bridgehead atoms. The van der Waals surface area contributed by atoms with E-state index in [1.165, 1.54) is 6.92 Å². The second kappa shape index (κ2) is 5.42. The van der Waals surface area contributed by atoms with Crippen LogP contribution in [-0.2, 0) is 9.53 Å². The summed E-state index contributed by atoms with van der Waals surface area (Å²) in [7, 11) is 0. The lowest BCUT2D eigenvalue weighted by Crippen LogP contribution is -1.99. The molecule has 0 heterocycles. The standard InChI is InChI=1S/C11H16O2/c1-10(12)13-9-7-5-6-8-11(2,3)4/h5,7H,9H2,1-4H3. The van der Waals surface area contributed by atoms with Crippen molar-refractivity contribution in [1.82, 2.24) is 0 Å². The minimum absolute atomic E-state index is 0.0196. The third-order valence-corrected chi connectivity index (χ3v) is 1.03. The van der Waals surface area contributed by atoms with Crippen molar-refractivity contribution in [2.75, 3.05) is 6.61 Å². The van der Waals surface area contributed by atoms with E-state index < -0.39 is 0 Å². The van der Waals surface area contributed by atoms with Crippen LogP contribution in [-0.4, -0.2) is 12.6 Å². The molecule has 0 saturated heterocycles. The molecule has 0 fully saturated rings. The van der Waals surface area contributed by atoms with Gasteiger partial charge in [-0.05, 0) is 32.9 Å². The van der Waals surface area contributed by atoms with Crippen LogP contribution in [0.25, 0.3) is 0 Å². The zero-order valence-electron chi connectivity index (χ0n) is 8.68. The number of carbonyl (C=O) groups is 1. The van der Waals surface area contributed by atoms with Crippen LogP contribution in [0, 0.1) is 17.3 Å². The molecule has 0 aliphatic rings. The fourth-order valence-corrected chi connectivity index (χ4v) is 0.531. The van der Waals surface area contributed by atoms with E-state index in [0.29, 0.717) is 6.61 Å². The van der Waals surface area contributed by atoms with Gasteiger partial charge in [0, 0.05) is 12.3 Å². The maximum Gasteiger partial charge on any atom is 0.302 e. The Morgan fingerprint density at radius 3 is 2.54 bits per heavy atom. The monoisotopic (exact) mass is 180 g/mol. The molecule has 0 aromatic rings. The van der Waals surface area contributed by atoms with Crippen LogP contribution in [0.15, 0.2) is 12.2 Å². The van der Waals surface area contributed by atoms with E-state index in [9.17, 15) is 4.79 Å². The van der Waals surface area contributed by atoms with Crippen LogP contribution in [0.2, 0.25) is 0 Å². The molecule has 13 heavy (non-hydrogen) atoms. The summed E-state index contributed by atoms with van der Waals surface area (Å²) in [6.07, 6.45) is 3.42. The lowest BCUT2D eigenvalue weighted by molar-refractivity contribution is -0.139. The Morgan fingerprint density at radius 1 is 1.46 bits per heavy atom. The second-order valence-electron chi connectivity index (χ2n) is 3.72. The molecule has 0 radical (unpaired) electrons. The highest BCUT2D eigenvalue weighted by Gasteiger charge is 2.02. The van der Waals surface area contributed by atoms with Crippen molar-refractivity contribution in [1.29, 1.82) is 0 Å².